The Bertz CT molecular complexity index is 574. The van der Waals surface area contributed by atoms with Crippen LogP contribution in [0.25, 0.3) is 0 Å². The zero-order chi connectivity index (χ0) is 15.3. The molecule has 1 aromatic carbocycles. The molecule has 2 nitrogen and oxygen atoms in total. The standard InChI is InChI=1S/C19H25NO/c1-5-20(16-9-7-6-8-10-16)17(21)19-12-11-15(13-19)18(3,4)14(19)2/h6-10,15H,2,5,11-13H2,1,3-4H3. The van der Waals surface area contributed by atoms with E-state index in [-0.39, 0.29) is 16.7 Å². The molecule has 0 heterocycles. The number of anilines is 1. The summed E-state index contributed by atoms with van der Waals surface area (Å²) in [6.45, 7) is 11.6. The lowest BCUT2D eigenvalue weighted by molar-refractivity contribution is -0.126. The molecule has 0 radical (unpaired) electrons. The van der Waals surface area contributed by atoms with Gasteiger partial charge in [0.2, 0.25) is 5.91 Å². The Morgan fingerprint density at radius 3 is 2.52 bits per heavy atom. The summed E-state index contributed by atoms with van der Waals surface area (Å²) in [5.41, 5.74) is 1.94. The van der Waals surface area contributed by atoms with Crippen LogP contribution in [0, 0.1) is 16.7 Å². The van der Waals surface area contributed by atoms with Gasteiger partial charge in [-0.05, 0) is 49.7 Å². The average molecular weight is 283 g/mol. The van der Waals surface area contributed by atoms with Crippen LogP contribution in [0.4, 0.5) is 5.69 Å². The van der Waals surface area contributed by atoms with Crippen molar-refractivity contribution in [3.05, 3.63) is 42.5 Å². The van der Waals surface area contributed by atoms with Crippen LogP contribution in [0.3, 0.4) is 0 Å². The zero-order valence-corrected chi connectivity index (χ0v) is 13.4. The normalized spacial score (nSPS) is 29.7. The predicted octanol–water partition coefficient (Wildman–Crippen LogP) is 4.42. The van der Waals surface area contributed by atoms with Gasteiger partial charge in [0.1, 0.15) is 0 Å². The summed E-state index contributed by atoms with van der Waals surface area (Å²) in [7, 11) is 0. The van der Waals surface area contributed by atoms with E-state index < -0.39 is 0 Å². The first-order valence-electron chi connectivity index (χ1n) is 8.00. The van der Waals surface area contributed by atoms with E-state index in [0.717, 1.165) is 30.5 Å². The molecule has 0 N–H and O–H groups in total. The van der Waals surface area contributed by atoms with Gasteiger partial charge in [0.05, 0.1) is 5.41 Å². The highest BCUT2D eigenvalue weighted by Crippen LogP contribution is 2.66. The monoisotopic (exact) mass is 283 g/mol. The molecule has 0 spiro atoms. The fourth-order valence-electron chi connectivity index (χ4n) is 4.43. The second-order valence-corrected chi connectivity index (χ2v) is 7.11. The second-order valence-electron chi connectivity index (χ2n) is 7.11. The number of rotatable bonds is 3. The maximum atomic E-state index is 13.3. The van der Waals surface area contributed by atoms with Crippen molar-refractivity contribution in [2.45, 2.75) is 40.0 Å². The van der Waals surface area contributed by atoms with E-state index in [0.29, 0.717) is 12.5 Å². The molecule has 0 aromatic heterocycles. The van der Waals surface area contributed by atoms with Crippen molar-refractivity contribution in [1.29, 1.82) is 0 Å². The minimum atomic E-state index is -0.319. The highest BCUT2D eigenvalue weighted by Gasteiger charge is 2.61. The van der Waals surface area contributed by atoms with Crippen LogP contribution < -0.4 is 4.90 Å². The van der Waals surface area contributed by atoms with E-state index in [4.69, 9.17) is 0 Å². The van der Waals surface area contributed by atoms with Crippen LogP contribution in [-0.4, -0.2) is 12.5 Å². The quantitative estimate of drug-likeness (QED) is 0.752. The highest BCUT2D eigenvalue weighted by atomic mass is 16.2. The minimum Gasteiger partial charge on any atom is -0.312 e. The number of para-hydroxylation sites is 1. The summed E-state index contributed by atoms with van der Waals surface area (Å²) < 4.78 is 0. The van der Waals surface area contributed by atoms with Gasteiger partial charge in [-0.3, -0.25) is 4.79 Å². The molecule has 2 aliphatic rings. The van der Waals surface area contributed by atoms with Crippen molar-refractivity contribution in [2.24, 2.45) is 16.7 Å². The van der Waals surface area contributed by atoms with Crippen LogP contribution in [0.1, 0.15) is 40.0 Å². The molecule has 2 aliphatic carbocycles. The van der Waals surface area contributed by atoms with E-state index in [9.17, 15) is 4.79 Å². The molecule has 0 saturated heterocycles. The molecule has 2 saturated carbocycles. The lowest BCUT2D eigenvalue weighted by Crippen LogP contribution is -2.44. The number of amides is 1. The van der Waals surface area contributed by atoms with Gasteiger partial charge in [-0.15, -0.1) is 0 Å². The van der Waals surface area contributed by atoms with E-state index >= 15 is 0 Å². The Morgan fingerprint density at radius 2 is 2.00 bits per heavy atom. The summed E-state index contributed by atoms with van der Waals surface area (Å²) in [4.78, 5) is 15.3. The fourth-order valence-corrected chi connectivity index (χ4v) is 4.43. The molecule has 3 rings (SSSR count). The van der Waals surface area contributed by atoms with Crippen molar-refractivity contribution < 1.29 is 4.79 Å². The number of hydrogen-bond acceptors (Lipinski definition) is 1. The second kappa shape index (κ2) is 4.72. The van der Waals surface area contributed by atoms with Crippen LogP contribution in [-0.2, 0) is 4.79 Å². The van der Waals surface area contributed by atoms with Gasteiger partial charge in [-0.25, -0.2) is 0 Å². The largest absolute Gasteiger partial charge is 0.312 e. The lowest BCUT2D eigenvalue weighted by atomic mass is 9.68. The Morgan fingerprint density at radius 1 is 1.33 bits per heavy atom. The third-order valence-corrected chi connectivity index (χ3v) is 5.93. The predicted molar refractivity (Wildman–Crippen MR) is 87.2 cm³/mol. The SMILES string of the molecule is C=C1C2(C(=O)N(CC)c3ccccc3)CCC(C2)C1(C)C. The molecular formula is C19H25NO. The van der Waals surface area contributed by atoms with Crippen LogP contribution in [0.15, 0.2) is 42.5 Å². The van der Waals surface area contributed by atoms with Gasteiger partial charge in [-0.1, -0.05) is 44.2 Å². The molecule has 21 heavy (non-hydrogen) atoms. The molecule has 2 atom stereocenters. The maximum absolute atomic E-state index is 13.3. The highest BCUT2D eigenvalue weighted by molar-refractivity contribution is 6.00. The molecule has 2 bridgehead atoms. The minimum absolute atomic E-state index is 0.101. The van der Waals surface area contributed by atoms with Gasteiger partial charge >= 0.3 is 0 Å². The summed E-state index contributed by atoms with van der Waals surface area (Å²) in [5, 5.41) is 0. The molecule has 0 aliphatic heterocycles. The Hall–Kier alpha value is -1.57. The molecule has 112 valence electrons. The van der Waals surface area contributed by atoms with Crippen molar-refractivity contribution in [2.75, 3.05) is 11.4 Å². The number of benzene rings is 1. The summed E-state index contributed by atoms with van der Waals surface area (Å²) >= 11 is 0. The molecule has 2 heteroatoms. The van der Waals surface area contributed by atoms with Gasteiger partial charge in [-0.2, -0.15) is 0 Å². The van der Waals surface area contributed by atoms with Crippen LogP contribution in [0.5, 0.6) is 0 Å². The summed E-state index contributed by atoms with van der Waals surface area (Å²) in [5.74, 6) is 0.873. The zero-order valence-electron chi connectivity index (χ0n) is 13.4. The summed E-state index contributed by atoms with van der Waals surface area (Å²) in [6.07, 6.45) is 3.12. The summed E-state index contributed by atoms with van der Waals surface area (Å²) in [6, 6.07) is 10.0. The molecular weight excluding hydrogens is 258 g/mol. The smallest absolute Gasteiger partial charge is 0.237 e. The number of fused-ring (bicyclic) bond motifs is 2. The van der Waals surface area contributed by atoms with Crippen molar-refractivity contribution in [3.8, 4) is 0 Å². The van der Waals surface area contributed by atoms with E-state index in [1.165, 1.54) is 0 Å². The van der Waals surface area contributed by atoms with Gasteiger partial charge in [0, 0.05) is 12.2 Å². The number of hydrogen-bond donors (Lipinski definition) is 0. The first kappa shape index (κ1) is 14.4. The van der Waals surface area contributed by atoms with Crippen molar-refractivity contribution in [3.63, 3.8) is 0 Å². The Kier molecular flexibility index (Phi) is 3.23. The number of carbonyl (C=O) groups excluding carboxylic acids is 1. The molecule has 2 unspecified atom stereocenters. The molecule has 2 fully saturated rings. The first-order chi connectivity index (χ1) is 9.93. The fraction of sp³-hybridized carbons (Fsp3) is 0.526. The molecule has 1 amide bonds. The van der Waals surface area contributed by atoms with E-state index in [1.807, 2.05) is 35.2 Å². The third kappa shape index (κ3) is 1.88. The number of carbonyl (C=O) groups is 1. The Labute approximate surface area is 127 Å². The van der Waals surface area contributed by atoms with E-state index in [1.54, 1.807) is 0 Å². The maximum Gasteiger partial charge on any atom is 0.237 e. The number of nitrogens with zero attached hydrogens (tertiary/aromatic N) is 1. The van der Waals surface area contributed by atoms with Crippen molar-refractivity contribution >= 4 is 11.6 Å². The van der Waals surface area contributed by atoms with E-state index in [2.05, 4.69) is 27.4 Å². The first-order valence-corrected chi connectivity index (χ1v) is 8.00. The van der Waals surface area contributed by atoms with Gasteiger partial charge < -0.3 is 4.90 Å². The lowest BCUT2D eigenvalue weighted by Gasteiger charge is -2.39. The molecule has 1 aromatic rings. The van der Waals surface area contributed by atoms with Crippen LogP contribution >= 0.6 is 0 Å². The Balaban J connectivity index is 1.97. The third-order valence-electron chi connectivity index (χ3n) is 5.93. The van der Waals surface area contributed by atoms with Crippen LogP contribution in [0.2, 0.25) is 0 Å². The topological polar surface area (TPSA) is 20.3 Å². The average Bonchev–Trinajstić information content (AvgIpc) is 3.01. The van der Waals surface area contributed by atoms with Crippen molar-refractivity contribution in [1.82, 2.24) is 0 Å². The van der Waals surface area contributed by atoms with Gasteiger partial charge in [0.25, 0.3) is 0 Å². The van der Waals surface area contributed by atoms with Gasteiger partial charge in [0.15, 0.2) is 0 Å².